The van der Waals surface area contributed by atoms with Gasteiger partial charge >= 0.3 is 0 Å². The van der Waals surface area contributed by atoms with Gasteiger partial charge in [-0.25, -0.2) is 13.9 Å². The van der Waals surface area contributed by atoms with Gasteiger partial charge in [-0.05, 0) is 15.9 Å². The van der Waals surface area contributed by atoms with Crippen molar-refractivity contribution in [2.24, 2.45) is 0 Å². The number of hydrogen-bond donors (Lipinski definition) is 2. The fourth-order valence-corrected chi connectivity index (χ4v) is 1.27. The van der Waals surface area contributed by atoms with Gasteiger partial charge in [0.15, 0.2) is 0 Å². The zero-order valence-electron chi connectivity index (χ0n) is 8.17. The summed E-state index contributed by atoms with van der Waals surface area (Å²) in [4.78, 5) is 11.1. The number of anilines is 1. The molecule has 0 amide bonds. The number of alkyl halides is 2. The molecule has 2 N–H and O–H groups in total. The van der Waals surface area contributed by atoms with E-state index in [0.29, 0.717) is 16.7 Å². The van der Waals surface area contributed by atoms with Crippen LogP contribution >= 0.6 is 15.9 Å². The molecular weight excluding hydrogens is 288 g/mol. The number of ether oxygens (including phenoxy) is 1. The second kappa shape index (κ2) is 6.54. The summed E-state index contributed by atoms with van der Waals surface area (Å²) in [6.45, 7) is -0.142. The third-order valence-corrected chi connectivity index (χ3v) is 2.39. The van der Waals surface area contributed by atoms with Crippen LogP contribution in [0.25, 0.3) is 0 Å². The average Bonchev–Trinajstić information content (AvgIpc) is 2.23. The lowest BCUT2D eigenvalue weighted by molar-refractivity contribution is 0.0215. The summed E-state index contributed by atoms with van der Waals surface area (Å²) in [7, 11) is 0. The van der Waals surface area contributed by atoms with Crippen molar-refractivity contribution in [3.05, 3.63) is 21.0 Å². The molecule has 0 aromatic carbocycles. The Morgan fingerprint density at radius 3 is 3.06 bits per heavy atom. The van der Waals surface area contributed by atoms with Gasteiger partial charge in [0.25, 0.3) is 12.0 Å². The first-order chi connectivity index (χ1) is 7.61. The van der Waals surface area contributed by atoms with Crippen LogP contribution in [0.1, 0.15) is 0 Å². The van der Waals surface area contributed by atoms with E-state index in [9.17, 15) is 13.6 Å². The van der Waals surface area contributed by atoms with Gasteiger partial charge in [0.1, 0.15) is 11.1 Å². The molecule has 0 fully saturated rings. The molecule has 0 spiro atoms. The molecule has 8 heteroatoms. The molecule has 5 nitrogen and oxygen atoms in total. The zero-order valence-corrected chi connectivity index (χ0v) is 9.76. The summed E-state index contributed by atoms with van der Waals surface area (Å²) in [5.41, 5.74) is 0.128. The molecule has 1 aromatic rings. The van der Waals surface area contributed by atoms with E-state index in [1.807, 2.05) is 0 Å². The molecule has 0 atom stereocenters. The summed E-state index contributed by atoms with van der Waals surface area (Å²) < 4.78 is 28.4. The van der Waals surface area contributed by atoms with Gasteiger partial charge in [-0.3, -0.25) is 4.79 Å². The van der Waals surface area contributed by atoms with E-state index in [-0.39, 0.29) is 12.2 Å². The number of H-pyrrole nitrogens is 1. The number of nitrogens with zero attached hydrogens (tertiary/aromatic N) is 1. The van der Waals surface area contributed by atoms with Crippen molar-refractivity contribution in [1.82, 2.24) is 10.2 Å². The summed E-state index contributed by atoms with van der Waals surface area (Å²) in [5.74, 6) is 0. The van der Waals surface area contributed by atoms with Crippen molar-refractivity contribution in [3.8, 4) is 0 Å². The zero-order chi connectivity index (χ0) is 12.0. The molecule has 0 bridgehead atoms. The Bertz CT molecular complexity index is 386. The lowest BCUT2D eigenvalue weighted by atomic mass is 10.4. The van der Waals surface area contributed by atoms with Crippen molar-refractivity contribution < 1.29 is 13.5 Å². The number of nitrogens with one attached hydrogen (secondary N) is 2. The van der Waals surface area contributed by atoms with Crippen molar-refractivity contribution in [3.63, 3.8) is 0 Å². The predicted molar refractivity (Wildman–Crippen MR) is 57.9 cm³/mol. The lowest BCUT2D eigenvalue weighted by Crippen LogP contribution is -2.16. The van der Waals surface area contributed by atoms with E-state index >= 15 is 0 Å². The lowest BCUT2D eigenvalue weighted by Gasteiger charge is -2.07. The Labute approximate surface area is 98.3 Å². The Morgan fingerprint density at radius 1 is 1.62 bits per heavy atom. The van der Waals surface area contributed by atoms with Crippen molar-refractivity contribution in [1.29, 1.82) is 0 Å². The maximum Gasteiger partial charge on any atom is 0.280 e. The maximum atomic E-state index is 11.7. The minimum atomic E-state index is -2.46. The Balaban J connectivity index is 2.32. The molecule has 0 aliphatic rings. The fourth-order valence-electron chi connectivity index (χ4n) is 0.937. The molecule has 0 aliphatic carbocycles. The Morgan fingerprint density at radius 2 is 2.38 bits per heavy atom. The van der Waals surface area contributed by atoms with E-state index in [1.54, 1.807) is 0 Å². The second-order valence-electron chi connectivity index (χ2n) is 2.82. The van der Waals surface area contributed by atoms with Gasteiger partial charge in [0, 0.05) is 6.54 Å². The molecule has 90 valence electrons. The van der Waals surface area contributed by atoms with Crippen LogP contribution in [-0.4, -0.2) is 36.4 Å². The first kappa shape index (κ1) is 13.0. The van der Waals surface area contributed by atoms with E-state index in [0.717, 1.165) is 0 Å². The third kappa shape index (κ3) is 4.23. The predicted octanol–water partition coefficient (Wildman–Crippen LogP) is 1.23. The third-order valence-electron chi connectivity index (χ3n) is 1.60. The summed E-state index contributed by atoms with van der Waals surface area (Å²) >= 11 is 3.07. The van der Waals surface area contributed by atoms with E-state index in [2.05, 4.69) is 36.2 Å². The van der Waals surface area contributed by atoms with Gasteiger partial charge < -0.3 is 10.1 Å². The Hall–Kier alpha value is -1.02. The van der Waals surface area contributed by atoms with Crippen LogP contribution in [0.2, 0.25) is 0 Å². The highest BCUT2D eigenvalue weighted by Crippen LogP contribution is 2.14. The fraction of sp³-hybridized carbons (Fsp3) is 0.500. The SMILES string of the molecule is O=c1[nH]ncc(NCCOCC(F)F)c1Br. The van der Waals surface area contributed by atoms with Gasteiger partial charge in [0.05, 0.1) is 18.5 Å². The molecule has 1 heterocycles. The number of halogens is 3. The van der Waals surface area contributed by atoms with Crippen LogP contribution in [0.15, 0.2) is 15.5 Å². The monoisotopic (exact) mass is 297 g/mol. The largest absolute Gasteiger partial charge is 0.380 e. The first-order valence-electron chi connectivity index (χ1n) is 4.44. The minimum Gasteiger partial charge on any atom is -0.380 e. The topological polar surface area (TPSA) is 67.0 Å². The van der Waals surface area contributed by atoms with E-state index in [4.69, 9.17) is 0 Å². The minimum absolute atomic E-state index is 0.129. The molecule has 1 rings (SSSR count). The van der Waals surface area contributed by atoms with Crippen molar-refractivity contribution in [2.75, 3.05) is 25.1 Å². The molecule has 1 aromatic heterocycles. The molecule has 16 heavy (non-hydrogen) atoms. The number of aromatic nitrogens is 2. The average molecular weight is 298 g/mol. The molecule has 0 unspecified atom stereocenters. The molecular formula is C8H10BrF2N3O2. The summed E-state index contributed by atoms with van der Waals surface area (Å²) in [5, 5.41) is 8.64. The quantitative estimate of drug-likeness (QED) is 0.775. The van der Waals surface area contributed by atoms with Gasteiger partial charge in [0.2, 0.25) is 0 Å². The maximum absolute atomic E-state index is 11.7. The van der Waals surface area contributed by atoms with E-state index in [1.165, 1.54) is 6.20 Å². The van der Waals surface area contributed by atoms with Gasteiger partial charge in [-0.15, -0.1) is 0 Å². The molecule has 0 saturated carbocycles. The van der Waals surface area contributed by atoms with Gasteiger partial charge in [-0.2, -0.15) is 5.10 Å². The first-order valence-corrected chi connectivity index (χ1v) is 5.23. The summed E-state index contributed by atoms with van der Waals surface area (Å²) in [6.07, 6.45) is -1.05. The van der Waals surface area contributed by atoms with Crippen LogP contribution in [0.4, 0.5) is 14.5 Å². The van der Waals surface area contributed by atoms with Crippen LogP contribution in [-0.2, 0) is 4.74 Å². The highest BCUT2D eigenvalue weighted by Gasteiger charge is 2.04. The normalized spacial score (nSPS) is 10.8. The number of rotatable bonds is 6. The highest BCUT2D eigenvalue weighted by molar-refractivity contribution is 9.10. The van der Waals surface area contributed by atoms with Gasteiger partial charge in [-0.1, -0.05) is 0 Å². The molecule has 0 saturated heterocycles. The Kier molecular flexibility index (Phi) is 5.33. The number of aromatic amines is 1. The molecule has 0 aliphatic heterocycles. The van der Waals surface area contributed by atoms with Crippen molar-refractivity contribution >= 4 is 21.6 Å². The van der Waals surface area contributed by atoms with Crippen LogP contribution in [0.3, 0.4) is 0 Å². The van der Waals surface area contributed by atoms with E-state index < -0.39 is 13.0 Å². The smallest absolute Gasteiger partial charge is 0.280 e. The van der Waals surface area contributed by atoms with Crippen LogP contribution in [0.5, 0.6) is 0 Å². The van der Waals surface area contributed by atoms with Crippen LogP contribution in [0, 0.1) is 0 Å². The van der Waals surface area contributed by atoms with Crippen LogP contribution < -0.4 is 10.9 Å². The molecule has 0 radical (unpaired) electrons. The highest BCUT2D eigenvalue weighted by atomic mass is 79.9. The standard InChI is InChI=1S/C8H10BrF2N3O2/c9-7-5(3-13-14-8(7)15)12-1-2-16-4-6(10)11/h3,6H,1-2,4H2,(H2,12,14,15). The second-order valence-corrected chi connectivity index (χ2v) is 3.61. The van der Waals surface area contributed by atoms with Crippen molar-refractivity contribution in [2.45, 2.75) is 6.43 Å². The summed E-state index contributed by atoms with van der Waals surface area (Å²) in [6, 6.07) is 0. The number of hydrogen-bond acceptors (Lipinski definition) is 4.